The first-order chi connectivity index (χ1) is 12.6. The topological polar surface area (TPSA) is 71.5 Å². The van der Waals surface area contributed by atoms with Crippen molar-refractivity contribution in [2.45, 2.75) is 25.8 Å². The number of hydrogen-bond donors (Lipinski definition) is 1. The fourth-order valence-corrected chi connectivity index (χ4v) is 3.81. The summed E-state index contributed by atoms with van der Waals surface area (Å²) in [6.07, 6.45) is 4.00. The van der Waals surface area contributed by atoms with Crippen LogP contribution in [0.2, 0.25) is 5.02 Å². The number of halogens is 1. The maximum Gasteiger partial charge on any atom is 0.421 e. The molecule has 0 radical (unpaired) electrons. The Labute approximate surface area is 155 Å². The maximum absolute atomic E-state index is 11.5. The van der Waals surface area contributed by atoms with E-state index < -0.39 is 5.76 Å². The van der Waals surface area contributed by atoms with E-state index in [-0.39, 0.29) is 5.88 Å². The van der Waals surface area contributed by atoms with Crippen molar-refractivity contribution in [3.05, 3.63) is 52.2 Å². The molecule has 1 saturated heterocycles. The molecule has 1 aliphatic rings. The quantitative estimate of drug-likeness (QED) is 0.755. The number of aromatic hydroxyl groups is 1. The molecule has 0 spiro atoms. The number of nitrogens with zero attached hydrogens (tertiary/aromatic N) is 3. The summed E-state index contributed by atoms with van der Waals surface area (Å²) in [5, 5.41) is 11.3. The standard InChI is InChI=1S/C19H20ClN3O3/c20-15-2-1-3-16-14(15)4-5-17(21-16)22-9-6-13(7-10-22)8-11-23-18(24)12-26-19(23)25/h1-5,12-13,24H,6-11H2. The van der Waals surface area contributed by atoms with Gasteiger partial charge in [0.1, 0.15) is 5.82 Å². The molecule has 0 atom stereocenters. The second-order valence-corrected chi connectivity index (χ2v) is 7.11. The molecule has 0 amide bonds. The molecule has 7 heteroatoms. The minimum Gasteiger partial charge on any atom is -0.492 e. The normalized spacial score (nSPS) is 15.7. The van der Waals surface area contributed by atoms with Gasteiger partial charge in [0, 0.05) is 30.0 Å². The summed E-state index contributed by atoms with van der Waals surface area (Å²) in [6, 6.07) is 9.82. The van der Waals surface area contributed by atoms with Gasteiger partial charge in [0.15, 0.2) is 6.26 Å². The first kappa shape index (κ1) is 17.0. The third-order valence-electron chi connectivity index (χ3n) is 5.13. The number of hydrogen-bond acceptors (Lipinski definition) is 5. The first-order valence-electron chi connectivity index (χ1n) is 8.79. The zero-order valence-corrected chi connectivity index (χ0v) is 15.0. The van der Waals surface area contributed by atoms with Crippen molar-refractivity contribution in [1.29, 1.82) is 0 Å². The molecule has 3 heterocycles. The second-order valence-electron chi connectivity index (χ2n) is 6.71. The molecule has 26 heavy (non-hydrogen) atoms. The number of aromatic nitrogens is 2. The Morgan fingerprint density at radius 1 is 1.23 bits per heavy atom. The largest absolute Gasteiger partial charge is 0.492 e. The van der Waals surface area contributed by atoms with Gasteiger partial charge in [0.05, 0.1) is 5.52 Å². The monoisotopic (exact) mass is 373 g/mol. The van der Waals surface area contributed by atoms with Crippen molar-refractivity contribution in [3.8, 4) is 5.88 Å². The van der Waals surface area contributed by atoms with Gasteiger partial charge in [-0.1, -0.05) is 17.7 Å². The molecule has 0 saturated carbocycles. The zero-order valence-electron chi connectivity index (χ0n) is 14.3. The van der Waals surface area contributed by atoms with Crippen LogP contribution in [0.5, 0.6) is 5.88 Å². The van der Waals surface area contributed by atoms with Crippen LogP contribution in [0, 0.1) is 5.92 Å². The average Bonchev–Trinajstić information content (AvgIpc) is 2.98. The van der Waals surface area contributed by atoms with Crippen LogP contribution in [-0.2, 0) is 6.54 Å². The van der Waals surface area contributed by atoms with E-state index in [4.69, 9.17) is 16.6 Å². The van der Waals surface area contributed by atoms with E-state index in [1.165, 1.54) is 4.57 Å². The summed E-state index contributed by atoms with van der Waals surface area (Å²) in [6.45, 7) is 2.34. The van der Waals surface area contributed by atoms with Crippen LogP contribution in [0.1, 0.15) is 19.3 Å². The van der Waals surface area contributed by atoms with Crippen LogP contribution < -0.4 is 10.7 Å². The van der Waals surface area contributed by atoms with Crippen molar-refractivity contribution < 1.29 is 9.52 Å². The highest BCUT2D eigenvalue weighted by Gasteiger charge is 2.21. The Morgan fingerprint density at radius 2 is 2.04 bits per heavy atom. The molecular weight excluding hydrogens is 354 g/mol. The van der Waals surface area contributed by atoms with Gasteiger partial charge in [0.2, 0.25) is 5.88 Å². The molecule has 136 valence electrons. The maximum atomic E-state index is 11.5. The van der Waals surface area contributed by atoms with E-state index in [9.17, 15) is 9.90 Å². The molecule has 1 N–H and O–H groups in total. The molecule has 0 bridgehead atoms. The Hall–Kier alpha value is -2.47. The first-order valence-corrected chi connectivity index (χ1v) is 9.17. The van der Waals surface area contributed by atoms with E-state index in [0.717, 1.165) is 60.4 Å². The van der Waals surface area contributed by atoms with E-state index in [1.54, 1.807) is 0 Å². The van der Waals surface area contributed by atoms with Gasteiger partial charge in [-0.3, -0.25) is 0 Å². The predicted molar refractivity (Wildman–Crippen MR) is 101 cm³/mol. The summed E-state index contributed by atoms with van der Waals surface area (Å²) in [5.74, 6) is 0.884. The summed E-state index contributed by atoms with van der Waals surface area (Å²) in [4.78, 5) is 18.5. The second kappa shape index (κ2) is 7.03. The van der Waals surface area contributed by atoms with Crippen molar-refractivity contribution in [1.82, 2.24) is 9.55 Å². The van der Waals surface area contributed by atoms with E-state index >= 15 is 0 Å². The van der Waals surface area contributed by atoms with Crippen LogP contribution in [0.25, 0.3) is 10.9 Å². The fourth-order valence-electron chi connectivity index (χ4n) is 3.57. The summed E-state index contributed by atoms with van der Waals surface area (Å²) in [5.41, 5.74) is 0.909. The highest BCUT2D eigenvalue weighted by atomic mass is 35.5. The highest BCUT2D eigenvalue weighted by Crippen LogP contribution is 2.28. The third-order valence-corrected chi connectivity index (χ3v) is 5.46. The number of pyridine rings is 1. The molecule has 0 unspecified atom stereocenters. The van der Waals surface area contributed by atoms with Crippen LogP contribution >= 0.6 is 11.6 Å². The van der Waals surface area contributed by atoms with Gasteiger partial charge >= 0.3 is 5.76 Å². The predicted octanol–water partition coefficient (Wildman–Crippen LogP) is 3.66. The van der Waals surface area contributed by atoms with Gasteiger partial charge < -0.3 is 14.4 Å². The lowest BCUT2D eigenvalue weighted by Gasteiger charge is -2.33. The molecule has 0 aliphatic carbocycles. The Balaban J connectivity index is 1.38. The van der Waals surface area contributed by atoms with Crippen LogP contribution in [-0.4, -0.2) is 27.7 Å². The Morgan fingerprint density at radius 3 is 2.77 bits per heavy atom. The van der Waals surface area contributed by atoms with Gasteiger partial charge in [-0.2, -0.15) is 0 Å². The molecule has 6 nitrogen and oxygen atoms in total. The lowest BCUT2D eigenvalue weighted by molar-refractivity contribution is 0.337. The smallest absolute Gasteiger partial charge is 0.421 e. The van der Waals surface area contributed by atoms with Crippen molar-refractivity contribution in [2.75, 3.05) is 18.0 Å². The van der Waals surface area contributed by atoms with Gasteiger partial charge in [-0.15, -0.1) is 0 Å². The number of oxazole rings is 1. The number of benzene rings is 1. The zero-order chi connectivity index (χ0) is 18.1. The molecule has 4 rings (SSSR count). The van der Waals surface area contributed by atoms with E-state index in [1.807, 2.05) is 30.3 Å². The summed E-state index contributed by atoms with van der Waals surface area (Å²) < 4.78 is 5.96. The number of piperidine rings is 1. The molecule has 2 aromatic heterocycles. The Kier molecular flexibility index (Phi) is 4.59. The van der Waals surface area contributed by atoms with Crippen molar-refractivity contribution in [3.63, 3.8) is 0 Å². The highest BCUT2D eigenvalue weighted by molar-refractivity contribution is 6.35. The van der Waals surface area contributed by atoms with Crippen molar-refractivity contribution in [2.24, 2.45) is 5.92 Å². The van der Waals surface area contributed by atoms with Crippen LogP contribution in [0.3, 0.4) is 0 Å². The minimum absolute atomic E-state index is 0.105. The molecule has 1 aliphatic heterocycles. The van der Waals surface area contributed by atoms with Crippen LogP contribution in [0.15, 0.2) is 45.8 Å². The summed E-state index contributed by atoms with van der Waals surface area (Å²) in [7, 11) is 0. The molecule has 1 fully saturated rings. The average molecular weight is 374 g/mol. The van der Waals surface area contributed by atoms with Gasteiger partial charge in [0.25, 0.3) is 0 Å². The van der Waals surface area contributed by atoms with Crippen molar-refractivity contribution >= 4 is 28.3 Å². The number of rotatable bonds is 4. The minimum atomic E-state index is -0.501. The number of fused-ring (bicyclic) bond motifs is 1. The van der Waals surface area contributed by atoms with E-state index in [2.05, 4.69) is 9.32 Å². The van der Waals surface area contributed by atoms with Crippen LogP contribution in [0.4, 0.5) is 5.82 Å². The lowest BCUT2D eigenvalue weighted by Crippen LogP contribution is -2.34. The lowest BCUT2D eigenvalue weighted by atomic mass is 9.93. The fraction of sp³-hybridized carbons (Fsp3) is 0.368. The summed E-state index contributed by atoms with van der Waals surface area (Å²) >= 11 is 6.21. The molecular formula is C19H20ClN3O3. The Bertz CT molecular complexity index is 974. The number of anilines is 1. The molecule has 3 aromatic rings. The third kappa shape index (κ3) is 3.29. The molecule has 1 aromatic carbocycles. The SMILES string of the molecule is O=c1occ(O)n1CCC1CCN(c2ccc3c(Cl)cccc3n2)CC1. The van der Waals surface area contributed by atoms with Gasteiger partial charge in [-0.05, 0) is 49.4 Å². The van der Waals surface area contributed by atoms with Gasteiger partial charge in [-0.25, -0.2) is 14.3 Å². The van der Waals surface area contributed by atoms with E-state index in [0.29, 0.717) is 12.5 Å².